The summed E-state index contributed by atoms with van der Waals surface area (Å²) in [6.45, 7) is -0.393. The first-order valence-electron chi connectivity index (χ1n) is 6.39. The molecule has 2 heterocycles. The molecule has 0 spiro atoms. The van der Waals surface area contributed by atoms with Gasteiger partial charge in [-0.2, -0.15) is 4.68 Å². The molecule has 0 atom stereocenters. The van der Waals surface area contributed by atoms with Gasteiger partial charge in [-0.3, -0.25) is 4.79 Å². The lowest BCUT2D eigenvalue weighted by Crippen LogP contribution is -2.26. The van der Waals surface area contributed by atoms with E-state index in [1.165, 1.54) is 23.5 Å². The number of nitrogens with one attached hydrogen (secondary N) is 1. The number of rotatable bonds is 4. The van der Waals surface area contributed by atoms with E-state index < -0.39 is 24.0 Å². The molecule has 0 aliphatic carbocycles. The summed E-state index contributed by atoms with van der Waals surface area (Å²) in [6, 6.07) is 7.38. The van der Waals surface area contributed by atoms with E-state index in [4.69, 9.17) is 16.0 Å². The van der Waals surface area contributed by atoms with E-state index in [0.717, 1.165) is 10.7 Å². The average molecular weight is 354 g/mol. The first-order valence-corrected chi connectivity index (χ1v) is 7.65. The zero-order valence-electron chi connectivity index (χ0n) is 11.5. The van der Waals surface area contributed by atoms with Gasteiger partial charge in [0.2, 0.25) is 5.91 Å². The van der Waals surface area contributed by atoms with Crippen LogP contribution >= 0.6 is 22.9 Å². The molecular weight excluding hydrogens is 345 g/mol. The largest absolute Gasteiger partial charge is 0.437 e. The van der Waals surface area contributed by atoms with E-state index in [1.54, 1.807) is 12.1 Å². The predicted octanol–water partition coefficient (Wildman–Crippen LogP) is 3.00. The number of aromatic nitrogens is 2. The second-order valence-electron chi connectivity index (χ2n) is 4.48. The Hall–Kier alpha value is -2.45. The van der Waals surface area contributed by atoms with Crippen LogP contribution in [-0.2, 0) is 11.3 Å². The maximum Gasteiger partial charge on any atom is 0.437 e. The molecule has 0 bridgehead atoms. The van der Waals surface area contributed by atoms with Crippen molar-refractivity contribution in [1.29, 1.82) is 0 Å². The number of halogens is 2. The molecular formula is C14H9ClFN3O3S. The fourth-order valence-corrected chi connectivity index (χ4v) is 2.63. The summed E-state index contributed by atoms with van der Waals surface area (Å²) in [5.41, 5.74) is -0.0329. The van der Waals surface area contributed by atoms with E-state index in [2.05, 4.69) is 10.4 Å². The molecule has 1 N–H and O–H groups in total. The molecule has 6 nitrogen and oxygen atoms in total. The number of hydrogen-bond acceptors (Lipinski definition) is 5. The molecule has 1 amide bonds. The Morgan fingerprint density at radius 2 is 2.26 bits per heavy atom. The molecule has 118 valence electrons. The molecule has 3 aromatic rings. The van der Waals surface area contributed by atoms with Crippen LogP contribution in [0.1, 0.15) is 0 Å². The summed E-state index contributed by atoms with van der Waals surface area (Å²) < 4.78 is 19.5. The Morgan fingerprint density at radius 1 is 1.43 bits per heavy atom. The summed E-state index contributed by atoms with van der Waals surface area (Å²) in [4.78, 5) is 24.3. The number of carbonyl (C=O) groups excluding carboxylic acids is 1. The fraction of sp³-hybridized carbons (Fsp3) is 0.0714. The predicted molar refractivity (Wildman–Crippen MR) is 84.1 cm³/mol. The van der Waals surface area contributed by atoms with Gasteiger partial charge in [-0.25, -0.2) is 9.18 Å². The fourth-order valence-electron chi connectivity index (χ4n) is 1.82. The summed E-state index contributed by atoms with van der Waals surface area (Å²) in [5.74, 6) is -1.91. The Kier molecular flexibility index (Phi) is 4.26. The summed E-state index contributed by atoms with van der Waals surface area (Å²) in [6.07, 6.45) is 0. The van der Waals surface area contributed by atoms with Crippen molar-refractivity contribution < 1.29 is 13.6 Å². The molecule has 0 fully saturated rings. The van der Waals surface area contributed by atoms with Crippen molar-refractivity contribution in [3.8, 4) is 10.8 Å². The Morgan fingerprint density at radius 3 is 2.96 bits per heavy atom. The van der Waals surface area contributed by atoms with Gasteiger partial charge < -0.3 is 9.73 Å². The molecule has 0 aliphatic rings. The van der Waals surface area contributed by atoms with Gasteiger partial charge in [0.25, 0.3) is 5.89 Å². The van der Waals surface area contributed by atoms with E-state index >= 15 is 0 Å². The minimum Gasteiger partial charge on any atom is -0.387 e. The number of thiophene rings is 1. The topological polar surface area (TPSA) is 77.1 Å². The van der Waals surface area contributed by atoms with Crippen molar-refractivity contribution >= 4 is 34.5 Å². The van der Waals surface area contributed by atoms with Crippen molar-refractivity contribution in [2.75, 3.05) is 5.32 Å². The second kappa shape index (κ2) is 6.35. The van der Waals surface area contributed by atoms with Crippen LogP contribution in [0.4, 0.5) is 10.1 Å². The number of nitrogens with zero attached hydrogens (tertiary/aromatic N) is 2. The summed E-state index contributed by atoms with van der Waals surface area (Å²) in [7, 11) is 0. The Bertz CT molecular complexity index is 904. The minimum absolute atomic E-state index is 0.0329. The van der Waals surface area contributed by atoms with Crippen molar-refractivity contribution in [3.05, 3.63) is 57.1 Å². The molecule has 0 unspecified atom stereocenters. The highest BCUT2D eigenvalue weighted by Gasteiger charge is 2.15. The van der Waals surface area contributed by atoms with Crippen LogP contribution in [0.5, 0.6) is 0 Å². The van der Waals surface area contributed by atoms with Crippen LogP contribution in [-0.4, -0.2) is 15.7 Å². The minimum atomic E-state index is -0.764. The van der Waals surface area contributed by atoms with Gasteiger partial charge in [0.05, 0.1) is 10.6 Å². The van der Waals surface area contributed by atoms with E-state index in [9.17, 15) is 14.0 Å². The van der Waals surface area contributed by atoms with Gasteiger partial charge in [0.15, 0.2) is 0 Å². The van der Waals surface area contributed by atoms with Crippen LogP contribution in [0.2, 0.25) is 5.02 Å². The number of benzene rings is 1. The maximum atomic E-state index is 13.6. The summed E-state index contributed by atoms with van der Waals surface area (Å²) >= 11 is 6.99. The molecule has 3 rings (SSSR count). The van der Waals surface area contributed by atoms with Crippen LogP contribution in [0.3, 0.4) is 0 Å². The highest BCUT2D eigenvalue weighted by molar-refractivity contribution is 7.13. The Balaban J connectivity index is 1.74. The molecule has 0 aliphatic heterocycles. The second-order valence-corrected chi connectivity index (χ2v) is 5.86. The van der Waals surface area contributed by atoms with Crippen molar-refractivity contribution in [2.24, 2.45) is 0 Å². The first kappa shape index (κ1) is 15.4. The molecule has 0 saturated heterocycles. The smallest absolute Gasteiger partial charge is 0.387 e. The highest BCUT2D eigenvalue weighted by atomic mass is 35.5. The SMILES string of the molecule is O=C(Cn1nc(-c2cccs2)oc1=O)Nc1ccc(Cl)cc1F. The van der Waals surface area contributed by atoms with Crippen LogP contribution in [0.15, 0.2) is 44.9 Å². The van der Waals surface area contributed by atoms with Gasteiger partial charge in [-0.1, -0.05) is 17.7 Å². The third kappa shape index (κ3) is 3.49. The molecule has 2 aromatic heterocycles. The molecule has 23 heavy (non-hydrogen) atoms. The van der Waals surface area contributed by atoms with Gasteiger partial charge in [0.1, 0.15) is 12.4 Å². The molecule has 0 radical (unpaired) electrons. The number of carbonyl (C=O) groups is 1. The number of anilines is 1. The van der Waals surface area contributed by atoms with Crippen molar-refractivity contribution in [3.63, 3.8) is 0 Å². The van der Waals surface area contributed by atoms with Crippen LogP contribution in [0.25, 0.3) is 10.8 Å². The van der Waals surface area contributed by atoms with Crippen molar-refractivity contribution in [1.82, 2.24) is 9.78 Å². The lowest BCUT2D eigenvalue weighted by atomic mass is 10.3. The van der Waals surface area contributed by atoms with E-state index in [-0.39, 0.29) is 16.6 Å². The van der Waals surface area contributed by atoms with E-state index in [1.807, 2.05) is 5.38 Å². The lowest BCUT2D eigenvalue weighted by molar-refractivity contribution is -0.117. The lowest BCUT2D eigenvalue weighted by Gasteiger charge is -2.05. The third-order valence-electron chi connectivity index (χ3n) is 2.84. The monoisotopic (exact) mass is 353 g/mol. The molecule has 0 saturated carbocycles. The molecule has 1 aromatic carbocycles. The standard InChI is InChI=1S/C14H9ClFN3O3S/c15-8-3-4-10(9(16)6-8)17-12(20)7-19-14(21)22-13(18-19)11-2-1-5-23-11/h1-6H,7H2,(H,17,20). The van der Waals surface area contributed by atoms with Crippen LogP contribution in [0, 0.1) is 5.82 Å². The van der Waals surface area contributed by atoms with Gasteiger partial charge in [0, 0.05) is 5.02 Å². The van der Waals surface area contributed by atoms with Gasteiger partial charge in [-0.15, -0.1) is 16.4 Å². The zero-order valence-corrected chi connectivity index (χ0v) is 13.0. The van der Waals surface area contributed by atoms with Gasteiger partial charge in [-0.05, 0) is 29.6 Å². The zero-order chi connectivity index (χ0) is 16.4. The molecule has 9 heteroatoms. The van der Waals surface area contributed by atoms with Crippen molar-refractivity contribution in [2.45, 2.75) is 6.54 Å². The quantitative estimate of drug-likeness (QED) is 0.782. The maximum absolute atomic E-state index is 13.6. The summed E-state index contributed by atoms with van der Waals surface area (Å²) in [5, 5.41) is 8.31. The first-order chi connectivity index (χ1) is 11.0. The number of hydrogen-bond donors (Lipinski definition) is 1. The van der Waals surface area contributed by atoms with Gasteiger partial charge >= 0.3 is 5.76 Å². The van der Waals surface area contributed by atoms with Crippen LogP contribution < -0.4 is 11.1 Å². The van der Waals surface area contributed by atoms with E-state index in [0.29, 0.717) is 4.88 Å². The average Bonchev–Trinajstić information content (AvgIpc) is 3.13. The third-order valence-corrected chi connectivity index (χ3v) is 3.93. The number of amides is 1. The normalized spacial score (nSPS) is 10.7. The Labute approximate surface area is 138 Å². The highest BCUT2D eigenvalue weighted by Crippen LogP contribution is 2.21.